The zero-order valence-corrected chi connectivity index (χ0v) is 11.5. The second-order valence-electron chi connectivity index (χ2n) is 4.10. The number of carbonyl (C=O) groups excluding carboxylic acids is 1. The summed E-state index contributed by atoms with van der Waals surface area (Å²) in [5.41, 5.74) is 0.665. The van der Waals surface area contributed by atoms with E-state index in [4.69, 9.17) is 0 Å². The standard InChI is InChI=1S/C12H16BrN3O/c1-2-15-5-7-16(8-6-15)12(17)10-3-4-11(13)14-9-10/h3-4,9H,2,5-8H2,1H3. The number of carbonyl (C=O) groups is 1. The van der Waals surface area contributed by atoms with Gasteiger partial charge in [-0.2, -0.15) is 0 Å². The Morgan fingerprint density at radius 3 is 2.59 bits per heavy atom. The van der Waals surface area contributed by atoms with Gasteiger partial charge in [0.2, 0.25) is 0 Å². The third-order valence-electron chi connectivity index (χ3n) is 3.08. The fourth-order valence-corrected chi connectivity index (χ4v) is 2.19. The summed E-state index contributed by atoms with van der Waals surface area (Å²) in [6, 6.07) is 3.61. The first-order chi connectivity index (χ1) is 8.20. The topological polar surface area (TPSA) is 36.4 Å². The molecule has 1 aromatic heterocycles. The molecular formula is C12H16BrN3O. The third kappa shape index (κ3) is 3.04. The van der Waals surface area contributed by atoms with E-state index in [0.29, 0.717) is 5.56 Å². The number of amides is 1. The fraction of sp³-hybridized carbons (Fsp3) is 0.500. The highest BCUT2D eigenvalue weighted by atomic mass is 79.9. The highest BCUT2D eigenvalue weighted by molar-refractivity contribution is 9.10. The van der Waals surface area contributed by atoms with Crippen LogP contribution >= 0.6 is 15.9 Å². The molecule has 0 N–H and O–H groups in total. The molecular weight excluding hydrogens is 282 g/mol. The Morgan fingerprint density at radius 1 is 1.35 bits per heavy atom. The Labute approximate surface area is 110 Å². The zero-order valence-electron chi connectivity index (χ0n) is 9.90. The highest BCUT2D eigenvalue weighted by Gasteiger charge is 2.21. The van der Waals surface area contributed by atoms with Crippen molar-refractivity contribution in [2.24, 2.45) is 0 Å². The highest BCUT2D eigenvalue weighted by Crippen LogP contribution is 2.10. The Kier molecular flexibility index (Phi) is 4.12. The Balaban J connectivity index is 1.99. The van der Waals surface area contributed by atoms with Crippen molar-refractivity contribution in [3.8, 4) is 0 Å². The van der Waals surface area contributed by atoms with Crippen molar-refractivity contribution in [1.29, 1.82) is 0 Å². The van der Waals surface area contributed by atoms with E-state index in [2.05, 4.69) is 32.7 Å². The number of likely N-dealkylation sites (N-methyl/N-ethyl adjacent to an activating group) is 1. The number of pyridine rings is 1. The summed E-state index contributed by atoms with van der Waals surface area (Å²) in [7, 11) is 0. The minimum atomic E-state index is 0.0840. The molecule has 1 saturated heterocycles. The lowest BCUT2D eigenvalue weighted by molar-refractivity contribution is 0.0643. The molecule has 0 aliphatic carbocycles. The van der Waals surface area contributed by atoms with Gasteiger partial charge in [0.15, 0.2) is 0 Å². The van der Waals surface area contributed by atoms with E-state index in [1.54, 1.807) is 12.3 Å². The summed E-state index contributed by atoms with van der Waals surface area (Å²) in [6.45, 7) is 6.75. The summed E-state index contributed by atoms with van der Waals surface area (Å²) in [4.78, 5) is 20.5. The van der Waals surface area contributed by atoms with Crippen molar-refractivity contribution in [2.75, 3.05) is 32.7 Å². The van der Waals surface area contributed by atoms with Gasteiger partial charge in [-0.1, -0.05) is 6.92 Å². The van der Waals surface area contributed by atoms with Gasteiger partial charge in [0.25, 0.3) is 5.91 Å². The van der Waals surface area contributed by atoms with Gasteiger partial charge >= 0.3 is 0 Å². The molecule has 1 amide bonds. The van der Waals surface area contributed by atoms with Crippen LogP contribution in [-0.4, -0.2) is 53.4 Å². The lowest BCUT2D eigenvalue weighted by Gasteiger charge is -2.34. The lowest BCUT2D eigenvalue weighted by atomic mass is 10.2. The first-order valence-electron chi connectivity index (χ1n) is 5.84. The molecule has 0 aromatic carbocycles. The van der Waals surface area contributed by atoms with Gasteiger partial charge in [0, 0.05) is 32.4 Å². The quantitative estimate of drug-likeness (QED) is 0.779. The molecule has 0 bridgehead atoms. The van der Waals surface area contributed by atoms with E-state index < -0.39 is 0 Å². The second-order valence-corrected chi connectivity index (χ2v) is 4.91. The molecule has 17 heavy (non-hydrogen) atoms. The summed E-state index contributed by atoms with van der Waals surface area (Å²) in [5.74, 6) is 0.0840. The molecule has 0 atom stereocenters. The summed E-state index contributed by atoms with van der Waals surface area (Å²) in [5, 5.41) is 0. The fourth-order valence-electron chi connectivity index (χ4n) is 1.95. The number of hydrogen-bond donors (Lipinski definition) is 0. The number of piperazine rings is 1. The van der Waals surface area contributed by atoms with Crippen LogP contribution in [0.25, 0.3) is 0 Å². The van der Waals surface area contributed by atoms with Gasteiger partial charge < -0.3 is 9.80 Å². The van der Waals surface area contributed by atoms with Crippen LogP contribution in [0.5, 0.6) is 0 Å². The van der Waals surface area contributed by atoms with Gasteiger partial charge in [-0.25, -0.2) is 4.98 Å². The number of aromatic nitrogens is 1. The normalized spacial score (nSPS) is 17.2. The molecule has 0 spiro atoms. The number of halogens is 1. The maximum Gasteiger partial charge on any atom is 0.255 e. The van der Waals surface area contributed by atoms with Crippen molar-refractivity contribution in [3.63, 3.8) is 0 Å². The summed E-state index contributed by atoms with van der Waals surface area (Å²) in [6.07, 6.45) is 1.62. The zero-order chi connectivity index (χ0) is 12.3. The van der Waals surface area contributed by atoms with E-state index in [1.807, 2.05) is 11.0 Å². The summed E-state index contributed by atoms with van der Waals surface area (Å²) < 4.78 is 0.754. The molecule has 0 saturated carbocycles. The third-order valence-corrected chi connectivity index (χ3v) is 3.55. The average Bonchev–Trinajstić information content (AvgIpc) is 2.39. The van der Waals surface area contributed by atoms with Crippen LogP contribution in [0.2, 0.25) is 0 Å². The van der Waals surface area contributed by atoms with Crippen LogP contribution in [0.15, 0.2) is 22.9 Å². The predicted molar refractivity (Wildman–Crippen MR) is 70.0 cm³/mol. The Hall–Kier alpha value is -0.940. The van der Waals surface area contributed by atoms with Crippen molar-refractivity contribution in [3.05, 3.63) is 28.5 Å². The predicted octanol–water partition coefficient (Wildman–Crippen LogP) is 1.62. The average molecular weight is 298 g/mol. The molecule has 1 fully saturated rings. The van der Waals surface area contributed by atoms with Crippen molar-refractivity contribution in [1.82, 2.24) is 14.8 Å². The van der Waals surface area contributed by atoms with E-state index in [9.17, 15) is 4.79 Å². The van der Waals surface area contributed by atoms with Gasteiger partial charge in [0.1, 0.15) is 4.60 Å². The molecule has 1 aliphatic rings. The van der Waals surface area contributed by atoms with Gasteiger partial charge in [-0.3, -0.25) is 4.79 Å². The van der Waals surface area contributed by atoms with E-state index in [0.717, 1.165) is 37.3 Å². The first kappa shape index (κ1) is 12.5. The minimum Gasteiger partial charge on any atom is -0.336 e. The smallest absolute Gasteiger partial charge is 0.255 e. The molecule has 4 nitrogen and oxygen atoms in total. The van der Waals surface area contributed by atoms with Crippen LogP contribution in [0.1, 0.15) is 17.3 Å². The Bertz CT molecular complexity index is 385. The van der Waals surface area contributed by atoms with E-state index >= 15 is 0 Å². The monoisotopic (exact) mass is 297 g/mol. The molecule has 2 rings (SSSR count). The van der Waals surface area contributed by atoms with E-state index in [-0.39, 0.29) is 5.91 Å². The largest absolute Gasteiger partial charge is 0.336 e. The maximum atomic E-state index is 12.2. The lowest BCUT2D eigenvalue weighted by Crippen LogP contribution is -2.48. The molecule has 92 valence electrons. The van der Waals surface area contributed by atoms with Crippen molar-refractivity contribution >= 4 is 21.8 Å². The van der Waals surface area contributed by atoms with Crippen LogP contribution in [0.3, 0.4) is 0 Å². The molecule has 5 heteroatoms. The molecule has 0 radical (unpaired) electrons. The molecule has 1 aliphatic heterocycles. The van der Waals surface area contributed by atoms with Crippen LogP contribution < -0.4 is 0 Å². The maximum absolute atomic E-state index is 12.2. The van der Waals surface area contributed by atoms with Gasteiger partial charge in [0.05, 0.1) is 5.56 Å². The van der Waals surface area contributed by atoms with Gasteiger partial charge in [-0.15, -0.1) is 0 Å². The SMILES string of the molecule is CCN1CCN(C(=O)c2ccc(Br)nc2)CC1. The number of nitrogens with zero attached hydrogens (tertiary/aromatic N) is 3. The first-order valence-corrected chi connectivity index (χ1v) is 6.63. The van der Waals surface area contributed by atoms with Crippen LogP contribution in [0.4, 0.5) is 0 Å². The van der Waals surface area contributed by atoms with Crippen molar-refractivity contribution in [2.45, 2.75) is 6.92 Å². The van der Waals surface area contributed by atoms with Crippen LogP contribution in [0, 0.1) is 0 Å². The Morgan fingerprint density at radius 2 is 2.06 bits per heavy atom. The van der Waals surface area contributed by atoms with E-state index in [1.165, 1.54) is 0 Å². The molecule has 2 heterocycles. The number of rotatable bonds is 2. The minimum absolute atomic E-state index is 0.0840. The van der Waals surface area contributed by atoms with Crippen LogP contribution in [-0.2, 0) is 0 Å². The summed E-state index contributed by atoms with van der Waals surface area (Å²) >= 11 is 3.27. The van der Waals surface area contributed by atoms with Crippen molar-refractivity contribution < 1.29 is 4.79 Å². The van der Waals surface area contributed by atoms with Gasteiger partial charge in [-0.05, 0) is 34.6 Å². The second kappa shape index (κ2) is 5.60. The molecule has 0 unspecified atom stereocenters. The molecule has 1 aromatic rings. The number of hydrogen-bond acceptors (Lipinski definition) is 3.